The largest absolute Gasteiger partial charge is 0.387 e. The van der Waals surface area contributed by atoms with Crippen molar-refractivity contribution in [2.24, 2.45) is 0 Å². The highest BCUT2D eigenvalue weighted by atomic mass is 19.1. The van der Waals surface area contributed by atoms with Gasteiger partial charge in [-0.2, -0.15) is 5.10 Å². The van der Waals surface area contributed by atoms with Crippen LogP contribution in [0.25, 0.3) is 5.65 Å². The highest BCUT2D eigenvalue weighted by molar-refractivity contribution is 6.09. The predicted molar refractivity (Wildman–Crippen MR) is 115 cm³/mol. The molecule has 1 aromatic carbocycles. The second-order valence-electron chi connectivity index (χ2n) is 9.08. The Morgan fingerprint density at radius 1 is 1.38 bits per heavy atom. The number of nitrogens with zero attached hydrogens (tertiary/aromatic N) is 4. The number of carbonyl (C=O) groups excluding carboxylic acids is 2. The Bertz CT molecular complexity index is 1230. The highest BCUT2D eigenvalue weighted by Gasteiger charge is 2.37. The lowest BCUT2D eigenvalue weighted by atomic mass is 10.0. The highest BCUT2D eigenvalue weighted by Crippen LogP contribution is 2.45. The minimum atomic E-state index is -1.56. The number of fused-ring (bicyclic) bond motifs is 2. The van der Waals surface area contributed by atoms with Crippen molar-refractivity contribution in [1.29, 1.82) is 0 Å². The Balaban J connectivity index is 1.43. The number of nitrogens with one attached hydrogen (secondary N) is 1. The number of aromatic nitrogens is 3. The van der Waals surface area contributed by atoms with E-state index in [1.165, 1.54) is 29.5 Å². The summed E-state index contributed by atoms with van der Waals surface area (Å²) in [7, 11) is 0. The molecule has 0 saturated heterocycles. The quantitative estimate of drug-likeness (QED) is 0.618. The van der Waals surface area contributed by atoms with Crippen LogP contribution in [0.3, 0.4) is 0 Å². The van der Waals surface area contributed by atoms with Crippen LogP contribution in [0, 0.1) is 0 Å². The Labute approximate surface area is 184 Å². The molecular formula is C23H24FN5O3. The summed E-state index contributed by atoms with van der Waals surface area (Å²) < 4.78 is 15.9. The molecule has 0 bridgehead atoms. The zero-order valence-corrected chi connectivity index (χ0v) is 17.9. The molecule has 1 aliphatic carbocycles. The van der Waals surface area contributed by atoms with Crippen molar-refractivity contribution in [3.63, 3.8) is 0 Å². The molecule has 166 valence electrons. The predicted octanol–water partition coefficient (Wildman–Crippen LogP) is 2.92. The van der Waals surface area contributed by atoms with Crippen molar-refractivity contribution in [2.45, 2.75) is 50.9 Å². The second-order valence-corrected chi connectivity index (χ2v) is 9.08. The molecule has 1 aliphatic heterocycles. The van der Waals surface area contributed by atoms with E-state index in [1.807, 2.05) is 12.1 Å². The number of rotatable bonds is 6. The van der Waals surface area contributed by atoms with Gasteiger partial charge in [-0.1, -0.05) is 0 Å². The fourth-order valence-electron chi connectivity index (χ4n) is 4.02. The molecule has 1 unspecified atom stereocenters. The maximum absolute atomic E-state index is 14.4. The van der Waals surface area contributed by atoms with E-state index >= 15 is 0 Å². The normalized spacial score (nSPS) is 17.0. The van der Waals surface area contributed by atoms with Gasteiger partial charge in [0.05, 0.1) is 18.3 Å². The lowest BCUT2D eigenvalue weighted by Crippen LogP contribution is -2.42. The molecular weight excluding hydrogens is 413 g/mol. The molecule has 1 atom stereocenters. The van der Waals surface area contributed by atoms with Gasteiger partial charge < -0.3 is 15.3 Å². The summed E-state index contributed by atoms with van der Waals surface area (Å²) >= 11 is 0. The van der Waals surface area contributed by atoms with E-state index in [9.17, 15) is 19.1 Å². The van der Waals surface area contributed by atoms with E-state index in [1.54, 1.807) is 18.5 Å². The van der Waals surface area contributed by atoms with Gasteiger partial charge in [0.15, 0.2) is 5.65 Å². The second kappa shape index (κ2) is 7.37. The van der Waals surface area contributed by atoms with Crippen molar-refractivity contribution >= 4 is 23.1 Å². The Morgan fingerprint density at radius 2 is 2.16 bits per heavy atom. The van der Waals surface area contributed by atoms with Gasteiger partial charge in [-0.25, -0.2) is 13.9 Å². The van der Waals surface area contributed by atoms with Crippen LogP contribution in [0.2, 0.25) is 0 Å². The standard InChI is InChI=1S/C23H24FN5O3/c1-23(2,32)19(24)12-28-11-14-8-18(15(13-4-5-13)9-16(14)22(28)31)27-21(30)17-10-26-29-7-3-6-25-20(17)29/h3,6-10,13,19,32H,4-5,11-12H2,1-2H3,(H,27,30). The molecule has 9 heteroatoms. The van der Waals surface area contributed by atoms with Crippen LogP contribution in [-0.2, 0) is 6.54 Å². The van der Waals surface area contributed by atoms with Gasteiger partial charge >= 0.3 is 0 Å². The summed E-state index contributed by atoms with van der Waals surface area (Å²) in [5, 5.41) is 17.0. The SMILES string of the molecule is CC(C)(O)C(F)CN1Cc2cc(NC(=O)c3cnn4cccnc34)c(C3CC3)cc2C1=O. The van der Waals surface area contributed by atoms with Crippen LogP contribution in [0.1, 0.15) is 64.4 Å². The third-order valence-electron chi connectivity index (χ3n) is 6.09. The first-order valence-electron chi connectivity index (χ1n) is 10.6. The van der Waals surface area contributed by atoms with E-state index in [0.717, 1.165) is 24.0 Å². The number of carbonyl (C=O) groups is 2. The lowest BCUT2D eigenvalue weighted by molar-refractivity contribution is -0.0159. The summed E-state index contributed by atoms with van der Waals surface area (Å²) in [6.45, 7) is 2.82. The maximum atomic E-state index is 14.4. The number of halogens is 1. The van der Waals surface area contributed by atoms with Crippen LogP contribution in [-0.4, -0.2) is 54.7 Å². The van der Waals surface area contributed by atoms with Crippen LogP contribution in [0.5, 0.6) is 0 Å². The van der Waals surface area contributed by atoms with E-state index < -0.39 is 11.8 Å². The number of amides is 2. The van der Waals surface area contributed by atoms with E-state index in [4.69, 9.17) is 0 Å². The molecule has 3 aromatic rings. The average molecular weight is 437 g/mol. The lowest BCUT2D eigenvalue weighted by Gasteiger charge is -2.26. The van der Waals surface area contributed by atoms with Crippen molar-refractivity contribution in [3.05, 3.63) is 59.0 Å². The van der Waals surface area contributed by atoms with Gasteiger partial charge in [0.25, 0.3) is 11.8 Å². The van der Waals surface area contributed by atoms with Gasteiger partial charge in [-0.05, 0) is 61.9 Å². The van der Waals surface area contributed by atoms with Gasteiger partial charge in [0, 0.05) is 30.2 Å². The molecule has 3 heterocycles. The summed E-state index contributed by atoms with van der Waals surface area (Å²) in [4.78, 5) is 31.5. The monoisotopic (exact) mass is 437 g/mol. The zero-order chi connectivity index (χ0) is 22.6. The minimum absolute atomic E-state index is 0.189. The fourth-order valence-corrected chi connectivity index (χ4v) is 4.02. The number of alkyl halides is 1. The molecule has 2 aliphatic rings. The van der Waals surface area contributed by atoms with Crippen LogP contribution in [0.4, 0.5) is 10.1 Å². The molecule has 8 nitrogen and oxygen atoms in total. The summed E-state index contributed by atoms with van der Waals surface area (Å²) in [5.41, 5.74) is 2.12. The Morgan fingerprint density at radius 3 is 2.88 bits per heavy atom. The van der Waals surface area contributed by atoms with E-state index in [2.05, 4.69) is 15.4 Å². The number of benzene rings is 1. The number of hydrogen-bond acceptors (Lipinski definition) is 5. The van der Waals surface area contributed by atoms with Crippen molar-refractivity contribution in [3.8, 4) is 0 Å². The van der Waals surface area contributed by atoms with Crippen molar-refractivity contribution < 1.29 is 19.1 Å². The summed E-state index contributed by atoms with van der Waals surface area (Å²) in [5.74, 6) is -0.295. The number of anilines is 1. The number of aliphatic hydroxyl groups is 1. The first-order valence-corrected chi connectivity index (χ1v) is 10.6. The Kier molecular flexibility index (Phi) is 4.74. The van der Waals surface area contributed by atoms with Gasteiger partial charge in [0.2, 0.25) is 0 Å². The molecule has 1 fully saturated rings. The van der Waals surface area contributed by atoms with Crippen molar-refractivity contribution in [1.82, 2.24) is 19.5 Å². The first kappa shape index (κ1) is 20.6. The first-order chi connectivity index (χ1) is 15.2. The zero-order valence-electron chi connectivity index (χ0n) is 17.9. The molecule has 32 heavy (non-hydrogen) atoms. The smallest absolute Gasteiger partial charge is 0.261 e. The molecule has 2 aromatic heterocycles. The molecule has 5 rings (SSSR count). The minimum Gasteiger partial charge on any atom is -0.387 e. The molecule has 1 saturated carbocycles. The number of hydrogen-bond donors (Lipinski definition) is 2. The third-order valence-corrected chi connectivity index (χ3v) is 6.09. The van der Waals surface area contributed by atoms with Crippen LogP contribution in [0.15, 0.2) is 36.8 Å². The van der Waals surface area contributed by atoms with Gasteiger partial charge in [-0.3, -0.25) is 9.59 Å². The van der Waals surface area contributed by atoms with Crippen LogP contribution < -0.4 is 5.32 Å². The van der Waals surface area contributed by atoms with E-state index in [-0.39, 0.29) is 30.8 Å². The molecule has 2 amide bonds. The van der Waals surface area contributed by atoms with E-state index in [0.29, 0.717) is 22.5 Å². The molecule has 0 spiro atoms. The topological polar surface area (TPSA) is 99.8 Å². The Hall–Kier alpha value is -3.33. The van der Waals surface area contributed by atoms with Gasteiger partial charge in [-0.15, -0.1) is 0 Å². The van der Waals surface area contributed by atoms with Gasteiger partial charge in [0.1, 0.15) is 11.7 Å². The third kappa shape index (κ3) is 3.62. The summed E-state index contributed by atoms with van der Waals surface area (Å²) in [6.07, 6.45) is 5.21. The maximum Gasteiger partial charge on any atom is 0.261 e. The molecule has 2 N–H and O–H groups in total. The fraction of sp³-hybridized carbons (Fsp3) is 0.391. The average Bonchev–Trinajstić information content (AvgIpc) is 3.42. The van der Waals surface area contributed by atoms with Crippen molar-refractivity contribution in [2.75, 3.05) is 11.9 Å². The van der Waals surface area contributed by atoms with Crippen LogP contribution >= 0.6 is 0 Å². The molecule has 0 radical (unpaired) electrons. The summed E-state index contributed by atoms with van der Waals surface area (Å²) in [6, 6.07) is 5.38.